The van der Waals surface area contributed by atoms with E-state index in [0.29, 0.717) is 12.5 Å². The van der Waals surface area contributed by atoms with Gasteiger partial charge in [0.2, 0.25) is 0 Å². The Kier molecular flexibility index (Phi) is 5.72. The van der Waals surface area contributed by atoms with Gasteiger partial charge in [-0.05, 0) is 12.1 Å². The average Bonchev–Trinajstić information content (AvgIpc) is 2.35. The molecule has 1 aromatic rings. The van der Waals surface area contributed by atoms with Crippen LogP contribution in [0.4, 0.5) is 5.69 Å². The molecule has 0 unspecified atom stereocenters. The van der Waals surface area contributed by atoms with Gasteiger partial charge < -0.3 is 15.4 Å². The van der Waals surface area contributed by atoms with E-state index >= 15 is 0 Å². The van der Waals surface area contributed by atoms with E-state index in [0.717, 1.165) is 13.1 Å². The van der Waals surface area contributed by atoms with Gasteiger partial charge in [-0.3, -0.25) is 14.9 Å². The summed E-state index contributed by atoms with van der Waals surface area (Å²) < 4.78 is 4.88. The molecule has 1 aliphatic heterocycles. The van der Waals surface area contributed by atoms with Gasteiger partial charge in [-0.1, -0.05) is 0 Å². The highest BCUT2D eigenvalue weighted by molar-refractivity contribution is 5.95. The third kappa shape index (κ3) is 3.58. The van der Waals surface area contributed by atoms with Crippen LogP contribution in [0, 0.1) is 16.0 Å². The molecule has 2 N–H and O–H groups in total. The Morgan fingerprint density at radius 1 is 1.55 bits per heavy atom. The zero-order valence-corrected chi connectivity index (χ0v) is 11.7. The first-order chi connectivity index (χ1) is 9.11. The molecule has 0 saturated carbocycles. The van der Waals surface area contributed by atoms with Crippen molar-refractivity contribution in [3.63, 3.8) is 0 Å². The van der Waals surface area contributed by atoms with Gasteiger partial charge in [0.15, 0.2) is 5.75 Å². The number of nitro groups is 1. The summed E-state index contributed by atoms with van der Waals surface area (Å²) in [7, 11) is 1.35. The molecule has 1 amide bonds. The minimum atomic E-state index is -0.564. The standard InChI is InChI=1S/C12H15N3O4.ClH/c1-19-11-3-2-9(4-10(11)15(17)18)12(16)14-7-8-5-13-6-8;/h2-4,8,13H,5-7H2,1H3,(H,14,16);1H. The maximum atomic E-state index is 11.9. The molecular weight excluding hydrogens is 286 g/mol. The second-order valence-electron chi connectivity index (χ2n) is 4.38. The van der Waals surface area contributed by atoms with Gasteiger partial charge >= 0.3 is 5.69 Å². The van der Waals surface area contributed by atoms with Crippen molar-refractivity contribution >= 4 is 24.0 Å². The van der Waals surface area contributed by atoms with Crippen molar-refractivity contribution < 1.29 is 14.5 Å². The second kappa shape index (κ2) is 7.06. The number of carbonyl (C=O) groups excluding carboxylic acids is 1. The fourth-order valence-electron chi connectivity index (χ4n) is 1.81. The second-order valence-corrected chi connectivity index (χ2v) is 4.38. The minimum Gasteiger partial charge on any atom is -0.490 e. The molecule has 0 bridgehead atoms. The molecule has 0 aromatic heterocycles. The van der Waals surface area contributed by atoms with Crippen molar-refractivity contribution in [1.29, 1.82) is 0 Å². The molecule has 8 heteroatoms. The Bertz CT molecular complexity index is 505. The molecule has 2 rings (SSSR count). The Labute approximate surface area is 122 Å². The van der Waals surface area contributed by atoms with Crippen LogP contribution in [-0.2, 0) is 0 Å². The molecule has 110 valence electrons. The highest BCUT2D eigenvalue weighted by Gasteiger charge is 2.20. The molecular formula is C12H16ClN3O4. The summed E-state index contributed by atoms with van der Waals surface area (Å²) >= 11 is 0. The quantitative estimate of drug-likeness (QED) is 0.624. The van der Waals surface area contributed by atoms with Crippen LogP contribution < -0.4 is 15.4 Å². The van der Waals surface area contributed by atoms with Crippen LogP contribution >= 0.6 is 12.4 Å². The maximum Gasteiger partial charge on any atom is 0.311 e. The van der Waals surface area contributed by atoms with Crippen LogP contribution in [0.25, 0.3) is 0 Å². The number of nitrogens with one attached hydrogen (secondary N) is 2. The van der Waals surface area contributed by atoms with Crippen LogP contribution in [0.3, 0.4) is 0 Å². The summed E-state index contributed by atoms with van der Waals surface area (Å²) in [5.41, 5.74) is 0.0558. The predicted molar refractivity (Wildman–Crippen MR) is 75.6 cm³/mol. The molecule has 1 fully saturated rings. The molecule has 1 heterocycles. The van der Waals surface area contributed by atoms with Crippen LogP contribution in [0.5, 0.6) is 5.75 Å². The molecule has 0 aliphatic carbocycles. The van der Waals surface area contributed by atoms with Crippen molar-refractivity contribution in [2.24, 2.45) is 5.92 Å². The highest BCUT2D eigenvalue weighted by Crippen LogP contribution is 2.27. The number of ether oxygens (including phenoxy) is 1. The topological polar surface area (TPSA) is 93.5 Å². The number of hydrogen-bond acceptors (Lipinski definition) is 5. The minimum absolute atomic E-state index is 0. The van der Waals surface area contributed by atoms with Crippen LogP contribution in [0.1, 0.15) is 10.4 Å². The van der Waals surface area contributed by atoms with Gasteiger partial charge in [0.25, 0.3) is 5.91 Å². The Morgan fingerprint density at radius 3 is 2.75 bits per heavy atom. The van der Waals surface area contributed by atoms with E-state index < -0.39 is 4.92 Å². The normalized spacial score (nSPS) is 13.8. The lowest BCUT2D eigenvalue weighted by Gasteiger charge is -2.27. The number of methoxy groups -OCH3 is 1. The molecule has 0 spiro atoms. The summed E-state index contributed by atoms with van der Waals surface area (Å²) in [6, 6.07) is 4.17. The lowest BCUT2D eigenvalue weighted by molar-refractivity contribution is -0.385. The van der Waals surface area contributed by atoms with E-state index in [9.17, 15) is 14.9 Å². The van der Waals surface area contributed by atoms with Crippen molar-refractivity contribution in [3.05, 3.63) is 33.9 Å². The van der Waals surface area contributed by atoms with Gasteiger partial charge in [-0.2, -0.15) is 0 Å². The molecule has 7 nitrogen and oxygen atoms in total. The van der Waals surface area contributed by atoms with E-state index in [2.05, 4.69) is 10.6 Å². The number of nitrogens with zero attached hydrogens (tertiary/aromatic N) is 1. The molecule has 1 aromatic carbocycles. The Hall–Kier alpha value is -1.86. The summed E-state index contributed by atoms with van der Waals surface area (Å²) in [5.74, 6) is 0.277. The number of nitro benzene ring substituents is 1. The lowest BCUT2D eigenvalue weighted by Crippen LogP contribution is -2.48. The largest absolute Gasteiger partial charge is 0.490 e. The Morgan fingerprint density at radius 2 is 2.25 bits per heavy atom. The third-order valence-corrected chi connectivity index (χ3v) is 3.06. The van der Waals surface area contributed by atoms with Crippen LogP contribution in [-0.4, -0.2) is 37.6 Å². The van der Waals surface area contributed by atoms with E-state index in [1.807, 2.05) is 0 Å². The van der Waals surface area contributed by atoms with E-state index in [1.54, 1.807) is 0 Å². The molecule has 0 radical (unpaired) electrons. The number of hydrogen-bond donors (Lipinski definition) is 2. The first-order valence-electron chi connectivity index (χ1n) is 5.93. The number of benzene rings is 1. The van der Waals surface area contributed by atoms with Gasteiger partial charge in [-0.25, -0.2) is 0 Å². The van der Waals surface area contributed by atoms with Gasteiger partial charge in [-0.15, -0.1) is 12.4 Å². The number of carbonyl (C=O) groups is 1. The van der Waals surface area contributed by atoms with Gasteiger partial charge in [0.05, 0.1) is 12.0 Å². The number of halogens is 1. The molecule has 1 aliphatic rings. The molecule has 0 atom stereocenters. The summed E-state index contributed by atoms with van der Waals surface area (Å²) in [6.45, 7) is 2.36. The van der Waals surface area contributed by atoms with Gasteiger partial charge in [0, 0.05) is 37.2 Å². The van der Waals surface area contributed by atoms with E-state index in [4.69, 9.17) is 4.74 Å². The van der Waals surface area contributed by atoms with Gasteiger partial charge in [0.1, 0.15) is 0 Å². The van der Waals surface area contributed by atoms with Crippen molar-refractivity contribution in [2.75, 3.05) is 26.7 Å². The first kappa shape index (κ1) is 16.2. The fourth-order valence-corrected chi connectivity index (χ4v) is 1.81. The summed E-state index contributed by atoms with van der Waals surface area (Å²) in [5, 5.41) is 16.7. The summed E-state index contributed by atoms with van der Waals surface area (Å²) in [4.78, 5) is 22.2. The van der Waals surface area contributed by atoms with Crippen LogP contribution in [0.2, 0.25) is 0 Å². The third-order valence-electron chi connectivity index (χ3n) is 3.06. The predicted octanol–water partition coefficient (Wildman–Crippen LogP) is 0.974. The van der Waals surface area contributed by atoms with E-state index in [-0.39, 0.29) is 35.3 Å². The van der Waals surface area contributed by atoms with Crippen LogP contribution in [0.15, 0.2) is 18.2 Å². The highest BCUT2D eigenvalue weighted by atomic mass is 35.5. The molecule has 20 heavy (non-hydrogen) atoms. The molecule has 1 saturated heterocycles. The first-order valence-corrected chi connectivity index (χ1v) is 5.93. The monoisotopic (exact) mass is 301 g/mol. The zero-order chi connectivity index (χ0) is 13.8. The van der Waals surface area contributed by atoms with Crippen molar-refractivity contribution in [2.45, 2.75) is 0 Å². The lowest BCUT2D eigenvalue weighted by atomic mass is 10.0. The number of rotatable bonds is 5. The maximum absolute atomic E-state index is 11.9. The van der Waals surface area contributed by atoms with Crippen molar-refractivity contribution in [3.8, 4) is 5.75 Å². The summed E-state index contributed by atoms with van der Waals surface area (Å²) in [6.07, 6.45) is 0. The Balaban J connectivity index is 0.00000200. The number of amides is 1. The average molecular weight is 302 g/mol. The van der Waals surface area contributed by atoms with E-state index in [1.165, 1.54) is 25.3 Å². The fraction of sp³-hybridized carbons (Fsp3) is 0.417. The SMILES string of the molecule is COc1ccc(C(=O)NCC2CNC2)cc1[N+](=O)[O-].Cl. The zero-order valence-electron chi connectivity index (χ0n) is 10.9. The van der Waals surface area contributed by atoms with Crippen molar-refractivity contribution in [1.82, 2.24) is 10.6 Å². The smallest absolute Gasteiger partial charge is 0.311 e.